The molecule has 0 amide bonds. The number of ether oxygens (including phenoxy) is 2. The van der Waals surface area contributed by atoms with Crippen LogP contribution in [0.15, 0.2) is 64.5 Å². The van der Waals surface area contributed by atoms with Crippen LogP contribution in [0.5, 0.6) is 11.5 Å². The van der Waals surface area contributed by atoms with Crippen molar-refractivity contribution < 1.29 is 9.47 Å². The third-order valence-electron chi connectivity index (χ3n) is 3.99. The first-order valence-corrected chi connectivity index (χ1v) is 8.92. The van der Waals surface area contributed by atoms with E-state index in [2.05, 4.69) is 20.5 Å². The maximum atomic E-state index is 11.6. The second-order valence-electron chi connectivity index (χ2n) is 5.96. The fourth-order valence-electron chi connectivity index (χ4n) is 2.58. The van der Waals surface area contributed by atoms with Crippen LogP contribution in [-0.2, 0) is 13.0 Å². The van der Waals surface area contributed by atoms with Crippen molar-refractivity contribution >= 4 is 12.2 Å². The van der Waals surface area contributed by atoms with E-state index < -0.39 is 0 Å². The molecule has 1 heterocycles. The molecular formula is C21H22N4O3. The van der Waals surface area contributed by atoms with Crippen LogP contribution >= 0.6 is 0 Å². The van der Waals surface area contributed by atoms with Gasteiger partial charge in [-0.15, -0.1) is 0 Å². The topological polar surface area (TPSA) is 88.6 Å². The van der Waals surface area contributed by atoms with E-state index in [4.69, 9.17) is 9.47 Å². The van der Waals surface area contributed by atoms with E-state index in [1.165, 1.54) is 6.07 Å². The number of benzene rings is 2. The molecule has 28 heavy (non-hydrogen) atoms. The Morgan fingerprint density at radius 2 is 2.00 bits per heavy atom. The van der Waals surface area contributed by atoms with Crippen LogP contribution in [0.2, 0.25) is 0 Å². The van der Waals surface area contributed by atoms with Crippen LogP contribution in [0.3, 0.4) is 0 Å². The molecule has 0 fully saturated rings. The quantitative estimate of drug-likeness (QED) is 0.463. The molecule has 0 aliphatic heterocycles. The number of methoxy groups -OCH3 is 1. The molecule has 144 valence electrons. The summed E-state index contributed by atoms with van der Waals surface area (Å²) in [5, 5.41) is 4.18. The predicted octanol–water partition coefficient (Wildman–Crippen LogP) is 3.37. The Morgan fingerprint density at radius 1 is 1.18 bits per heavy atom. The van der Waals surface area contributed by atoms with Crippen LogP contribution in [0.1, 0.15) is 23.7 Å². The molecule has 0 saturated heterocycles. The van der Waals surface area contributed by atoms with Crippen molar-refractivity contribution in [3.05, 3.63) is 81.8 Å². The molecule has 0 radical (unpaired) electrons. The highest BCUT2D eigenvalue weighted by Gasteiger charge is 2.09. The number of rotatable bonds is 8. The Kier molecular flexibility index (Phi) is 6.41. The highest BCUT2D eigenvalue weighted by atomic mass is 16.5. The average molecular weight is 378 g/mol. The monoisotopic (exact) mass is 378 g/mol. The zero-order valence-electron chi connectivity index (χ0n) is 15.8. The standard InChI is InChI=1S/C21H22N4O3/c1-3-17-12-19(26)24-21(23-17)25-22-13-16-10-7-11-18(27-2)20(16)28-14-15-8-5-4-6-9-15/h4-13H,3,14H2,1-2H3,(H2,23,24,25,26)/b22-13-. The lowest BCUT2D eigenvalue weighted by molar-refractivity contribution is 0.284. The molecule has 0 bridgehead atoms. The van der Waals surface area contributed by atoms with E-state index >= 15 is 0 Å². The fraction of sp³-hybridized carbons (Fsp3) is 0.190. The van der Waals surface area contributed by atoms with Gasteiger partial charge in [0.2, 0.25) is 5.95 Å². The number of nitrogens with zero attached hydrogens (tertiary/aromatic N) is 2. The number of aromatic amines is 1. The lowest BCUT2D eigenvalue weighted by atomic mass is 10.2. The van der Waals surface area contributed by atoms with Crippen molar-refractivity contribution in [1.29, 1.82) is 0 Å². The van der Waals surface area contributed by atoms with Crippen LogP contribution in [-0.4, -0.2) is 23.3 Å². The van der Waals surface area contributed by atoms with Crippen LogP contribution < -0.4 is 20.5 Å². The molecule has 1 aromatic heterocycles. The first-order valence-electron chi connectivity index (χ1n) is 8.92. The molecule has 2 N–H and O–H groups in total. The van der Waals surface area contributed by atoms with Crippen LogP contribution in [0.25, 0.3) is 0 Å². The van der Waals surface area contributed by atoms with Crippen molar-refractivity contribution in [1.82, 2.24) is 9.97 Å². The number of hydrogen-bond donors (Lipinski definition) is 2. The minimum atomic E-state index is -0.224. The minimum Gasteiger partial charge on any atom is -0.493 e. The summed E-state index contributed by atoms with van der Waals surface area (Å²) in [7, 11) is 1.59. The first-order chi connectivity index (χ1) is 13.7. The van der Waals surface area contributed by atoms with Crippen molar-refractivity contribution in [3.63, 3.8) is 0 Å². The second-order valence-corrected chi connectivity index (χ2v) is 5.96. The largest absolute Gasteiger partial charge is 0.493 e. The van der Waals surface area contributed by atoms with E-state index in [9.17, 15) is 4.79 Å². The van der Waals surface area contributed by atoms with Gasteiger partial charge >= 0.3 is 0 Å². The van der Waals surface area contributed by atoms with Gasteiger partial charge in [-0.1, -0.05) is 43.3 Å². The smallest absolute Gasteiger partial charge is 0.252 e. The SMILES string of the molecule is CCc1cc(=O)[nH]c(N/N=C\c2cccc(OC)c2OCc2ccccc2)n1. The molecular weight excluding hydrogens is 356 g/mol. The van der Waals surface area contributed by atoms with Gasteiger partial charge in [-0.3, -0.25) is 9.78 Å². The molecule has 0 spiro atoms. The molecule has 3 rings (SSSR count). The Labute approximate surface area is 163 Å². The number of aryl methyl sites for hydroxylation is 1. The van der Waals surface area contributed by atoms with Gasteiger partial charge in [0.05, 0.1) is 13.3 Å². The minimum absolute atomic E-state index is 0.224. The molecule has 0 aliphatic carbocycles. The third-order valence-corrected chi connectivity index (χ3v) is 3.99. The molecule has 0 aliphatic rings. The van der Waals surface area contributed by atoms with Crippen molar-refractivity contribution in [3.8, 4) is 11.5 Å². The summed E-state index contributed by atoms with van der Waals surface area (Å²) in [4.78, 5) is 18.5. The van der Waals surface area contributed by atoms with Gasteiger partial charge in [-0.2, -0.15) is 5.10 Å². The molecule has 2 aromatic carbocycles. The number of nitrogens with one attached hydrogen (secondary N) is 2. The summed E-state index contributed by atoms with van der Waals surface area (Å²) in [5.41, 5.74) is 5.00. The number of hydrogen-bond acceptors (Lipinski definition) is 6. The van der Waals surface area contributed by atoms with E-state index in [1.807, 2.05) is 55.5 Å². The lowest BCUT2D eigenvalue weighted by Crippen LogP contribution is -2.11. The maximum absolute atomic E-state index is 11.6. The van der Waals surface area contributed by atoms with Gasteiger partial charge in [0.1, 0.15) is 6.61 Å². The van der Waals surface area contributed by atoms with Gasteiger partial charge in [0.25, 0.3) is 5.56 Å². The number of aromatic nitrogens is 2. The highest BCUT2D eigenvalue weighted by Crippen LogP contribution is 2.30. The number of anilines is 1. The summed E-state index contributed by atoms with van der Waals surface area (Å²) >= 11 is 0. The normalized spacial score (nSPS) is 10.8. The van der Waals surface area contributed by atoms with Gasteiger partial charge < -0.3 is 9.47 Å². The Balaban J connectivity index is 1.78. The van der Waals surface area contributed by atoms with E-state index in [1.54, 1.807) is 13.3 Å². The molecule has 7 nitrogen and oxygen atoms in total. The Bertz CT molecular complexity index is 1000. The molecule has 0 unspecified atom stereocenters. The maximum Gasteiger partial charge on any atom is 0.252 e. The van der Waals surface area contributed by atoms with Gasteiger partial charge in [0, 0.05) is 17.3 Å². The van der Waals surface area contributed by atoms with E-state index in [0.717, 1.165) is 11.1 Å². The highest BCUT2D eigenvalue weighted by molar-refractivity contribution is 5.85. The van der Waals surface area contributed by atoms with Crippen molar-refractivity contribution in [2.75, 3.05) is 12.5 Å². The Morgan fingerprint density at radius 3 is 2.75 bits per heavy atom. The van der Waals surface area contributed by atoms with Crippen LogP contribution in [0, 0.1) is 0 Å². The van der Waals surface area contributed by atoms with E-state index in [-0.39, 0.29) is 11.5 Å². The predicted molar refractivity (Wildman–Crippen MR) is 109 cm³/mol. The number of H-pyrrole nitrogens is 1. The summed E-state index contributed by atoms with van der Waals surface area (Å²) in [6, 6.07) is 16.9. The molecule has 3 aromatic rings. The zero-order valence-corrected chi connectivity index (χ0v) is 15.8. The fourth-order valence-corrected chi connectivity index (χ4v) is 2.58. The lowest BCUT2D eigenvalue weighted by Gasteiger charge is -2.13. The zero-order chi connectivity index (χ0) is 19.8. The van der Waals surface area contributed by atoms with Crippen LogP contribution in [0.4, 0.5) is 5.95 Å². The van der Waals surface area contributed by atoms with Gasteiger partial charge in [-0.25, -0.2) is 10.4 Å². The summed E-state index contributed by atoms with van der Waals surface area (Å²) in [5.74, 6) is 1.48. The summed E-state index contributed by atoms with van der Waals surface area (Å²) < 4.78 is 11.4. The van der Waals surface area contributed by atoms with Gasteiger partial charge in [-0.05, 0) is 24.1 Å². The second kappa shape index (κ2) is 9.36. The average Bonchev–Trinajstić information content (AvgIpc) is 2.72. The van der Waals surface area contributed by atoms with E-state index in [0.29, 0.717) is 30.2 Å². The number of hydrazone groups is 1. The first kappa shape index (κ1) is 19.2. The summed E-state index contributed by atoms with van der Waals surface area (Å²) in [6.45, 7) is 2.34. The molecule has 7 heteroatoms. The van der Waals surface area contributed by atoms with Gasteiger partial charge in [0.15, 0.2) is 11.5 Å². The number of para-hydroxylation sites is 1. The molecule has 0 atom stereocenters. The third kappa shape index (κ3) is 4.97. The van der Waals surface area contributed by atoms with Crippen molar-refractivity contribution in [2.45, 2.75) is 20.0 Å². The summed E-state index contributed by atoms with van der Waals surface area (Å²) in [6.07, 6.45) is 2.26. The molecule has 0 saturated carbocycles. The van der Waals surface area contributed by atoms with Crippen molar-refractivity contribution in [2.24, 2.45) is 5.10 Å². The Hall–Kier alpha value is -3.61.